The van der Waals surface area contributed by atoms with Crippen LogP contribution in [0.2, 0.25) is 0 Å². The van der Waals surface area contributed by atoms with E-state index in [-0.39, 0.29) is 6.10 Å². The molecule has 102 valence electrons. The third-order valence-electron chi connectivity index (χ3n) is 3.31. The van der Waals surface area contributed by atoms with E-state index in [1.807, 2.05) is 0 Å². The zero-order valence-corrected chi connectivity index (χ0v) is 10.7. The van der Waals surface area contributed by atoms with Gasteiger partial charge >= 0.3 is 11.8 Å². The Kier molecular flexibility index (Phi) is 4.19. The third kappa shape index (κ3) is 3.00. The van der Waals surface area contributed by atoms with Gasteiger partial charge in [0, 0.05) is 25.9 Å². The maximum absolute atomic E-state index is 11.4. The third-order valence-corrected chi connectivity index (χ3v) is 3.31. The number of nitrogens with one attached hydrogen (secondary N) is 2. The van der Waals surface area contributed by atoms with E-state index in [0.29, 0.717) is 19.7 Å². The first-order chi connectivity index (χ1) is 8.65. The lowest BCUT2D eigenvalue weighted by molar-refractivity contribution is -0.161. The van der Waals surface area contributed by atoms with Gasteiger partial charge in [-0.05, 0) is 19.8 Å². The predicted octanol–water partition coefficient (Wildman–Crippen LogP) is -0.0756. The molecule has 2 N–H and O–H groups in total. The van der Waals surface area contributed by atoms with Crippen LogP contribution in [0.15, 0.2) is 0 Å². The van der Waals surface area contributed by atoms with Crippen LogP contribution in [-0.2, 0) is 19.1 Å². The number of carbonyl (C=O) groups is 2. The molecule has 2 rings (SSSR count). The first-order valence-electron chi connectivity index (χ1n) is 6.53. The summed E-state index contributed by atoms with van der Waals surface area (Å²) in [6.45, 7) is 3.01. The molecule has 0 aromatic rings. The van der Waals surface area contributed by atoms with Gasteiger partial charge in [0.1, 0.15) is 6.10 Å². The maximum atomic E-state index is 11.4. The van der Waals surface area contributed by atoms with Crippen molar-refractivity contribution in [2.75, 3.05) is 19.7 Å². The zero-order valence-electron chi connectivity index (χ0n) is 10.7. The standard InChI is InChI=1S/C12H20N2O4/c1-2-13-10(15)11(16)14-7-9-8-17-12(18-9)5-3-4-6-12/h9H,2-8H2,1H3,(H,13,15)(H,14,16)/t9-/m0/s1. The van der Waals surface area contributed by atoms with Crippen LogP contribution in [0.4, 0.5) is 0 Å². The fourth-order valence-corrected chi connectivity index (χ4v) is 2.42. The van der Waals surface area contributed by atoms with Gasteiger partial charge in [-0.1, -0.05) is 0 Å². The molecule has 1 aliphatic heterocycles. The molecule has 2 aliphatic rings. The number of rotatable bonds is 3. The summed E-state index contributed by atoms with van der Waals surface area (Å²) in [5.74, 6) is -1.64. The van der Waals surface area contributed by atoms with Gasteiger partial charge in [-0.25, -0.2) is 0 Å². The molecule has 1 heterocycles. The number of ether oxygens (including phenoxy) is 2. The summed E-state index contributed by atoms with van der Waals surface area (Å²) in [6, 6.07) is 0. The molecule has 1 spiro atoms. The number of carbonyl (C=O) groups excluding carboxylic acids is 2. The monoisotopic (exact) mass is 256 g/mol. The molecule has 2 amide bonds. The second-order valence-corrected chi connectivity index (χ2v) is 4.74. The largest absolute Gasteiger partial charge is 0.348 e. The van der Waals surface area contributed by atoms with Crippen LogP contribution in [-0.4, -0.2) is 43.4 Å². The molecule has 0 radical (unpaired) electrons. The van der Waals surface area contributed by atoms with E-state index in [1.165, 1.54) is 0 Å². The van der Waals surface area contributed by atoms with Crippen molar-refractivity contribution in [3.8, 4) is 0 Å². The lowest BCUT2D eigenvalue weighted by Gasteiger charge is -2.21. The Balaban J connectivity index is 1.72. The normalized spacial score (nSPS) is 25.3. The van der Waals surface area contributed by atoms with Crippen molar-refractivity contribution in [2.24, 2.45) is 0 Å². The Labute approximate surface area is 106 Å². The van der Waals surface area contributed by atoms with Crippen molar-refractivity contribution in [3.05, 3.63) is 0 Å². The second kappa shape index (κ2) is 5.67. The lowest BCUT2D eigenvalue weighted by Crippen LogP contribution is -2.43. The molecular formula is C12H20N2O4. The van der Waals surface area contributed by atoms with Crippen LogP contribution in [0.3, 0.4) is 0 Å². The minimum atomic E-state index is -0.618. The lowest BCUT2D eigenvalue weighted by atomic mass is 10.2. The molecule has 0 aromatic heterocycles. The minimum absolute atomic E-state index is 0.151. The minimum Gasteiger partial charge on any atom is -0.348 e. The van der Waals surface area contributed by atoms with Gasteiger partial charge < -0.3 is 20.1 Å². The number of likely N-dealkylation sites (N-methyl/N-ethyl adjacent to an activating group) is 1. The van der Waals surface area contributed by atoms with Crippen LogP contribution in [0, 0.1) is 0 Å². The average molecular weight is 256 g/mol. The summed E-state index contributed by atoms with van der Waals surface area (Å²) < 4.78 is 11.5. The Morgan fingerprint density at radius 3 is 2.56 bits per heavy atom. The summed E-state index contributed by atoms with van der Waals surface area (Å²) in [5.41, 5.74) is 0. The summed E-state index contributed by atoms with van der Waals surface area (Å²) in [7, 11) is 0. The number of hydrogen-bond acceptors (Lipinski definition) is 4. The van der Waals surface area contributed by atoms with Gasteiger partial charge in [0.2, 0.25) is 0 Å². The summed E-state index contributed by atoms with van der Waals surface area (Å²) >= 11 is 0. The van der Waals surface area contributed by atoms with Crippen LogP contribution in [0.1, 0.15) is 32.6 Å². The molecule has 2 fully saturated rings. The fourth-order valence-electron chi connectivity index (χ4n) is 2.42. The van der Waals surface area contributed by atoms with Crippen LogP contribution < -0.4 is 10.6 Å². The predicted molar refractivity (Wildman–Crippen MR) is 63.7 cm³/mol. The highest BCUT2D eigenvalue weighted by Crippen LogP contribution is 2.38. The van der Waals surface area contributed by atoms with Crippen LogP contribution >= 0.6 is 0 Å². The smallest absolute Gasteiger partial charge is 0.309 e. The SMILES string of the molecule is CCNC(=O)C(=O)NC[C@H]1COC2(CCCC2)O1. The van der Waals surface area contributed by atoms with Crippen molar-refractivity contribution in [1.29, 1.82) is 0 Å². The fraction of sp³-hybridized carbons (Fsp3) is 0.833. The van der Waals surface area contributed by atoms with E-state index >= 15 is 0 Å². The Morgan fingerprint density at radius 1 is 1.22 bits per heavy atom. The molecule has 1 saturated carbocycles. The molecular weight excluding hydrogens is 236 g/mol. The van der Waals surface area contributed by atoms with Crippen molar-refractivity contribution in [2.45, 2.75) is 44.5 Å². The first kappa shape index (κ1) is 13.3. The Bertz CT molecular complexity index is 326. The Hall–Kier alpha value is -1.14. The molecule has 6 heteroatoms. The molecule has 1 saturated heterocycles. The highest BCUT2D eigenvalue weighted by atomic mass is 16.7. The van der Waals surface area contributed by atoms with Gasteiger partial charge in [0.25, 0.3) is 0 Å². The summed E-state index contributed by atoms with van der Waals surface area (Å²) in [6.07, 6.45) is 3.94. The van der Waals surface area contributed by atoms with Crippen molar-refractivity contribution < 1.29 is 19.1 Å². The Morgan fingerprint density at radius 2 is 1.89 bits per heavy atom. The van der Waals surface area contributed by atoms with E-state index < -0.39 is 17.6 Å². The molecule has 0 bridgehead atoms. The van der Waals surface area contributed by atoms with E-state index in [2.05, 4.69) is 10.6 Å². The van der Waals surface area contributed by atoms with Crippen LogP contribution in [0.5, 0.6) is 0 Å². The molecule has 1 aliphatic carbocycles. The first-order valence-corrected chi connectivity index (χ1v) is 6.53. The van der Waals surface area contributed by atoms with Crippen LogP contribution in [0.25, 0.3) is 0 Å². The molecule has 0 aromatic carbocycles. The highest BCUT2D eigenvalue weighted by Gasteiger charge is 2.43. The van der Waals surface area contributed by atoms with E-state index in [1.54, 1.807) is 6.92 Å². The van der Waals surface area contributed by atoms with Gasteiger partial charge in [-0.3, -0.25) is 9.59 Å². The van der Waals surface area contributed by atoms with Crippen molar-refractivity contribution >= 4 is 11.8 Å². The van der Waals surface area contributed by atoms with E-state index in [9.17, 15) is 9.59 Å². The number of hydrogen-bond donors (Lipinski definition) is 2. The molecule has 1 atom stereocenters. The topological polar surface area (TPSA) is 76.7 Å². The molecule has 18 heavy (non-hydrogen) atoms. The quantitative estimate of drug-likeness (QED) is 0.693. The van der Waals surface area contributed by atoms with Crippen molar-refractivity contribution in [1.82, 2.24) is 10.6 Å². The summed E-state index contributed by atoms with van der Waals surface area (Å²) in [5, 5.41) is 5.01. The van der Waals surface area contributed by atoms with Gasteiger partial charge in [0.15, 0.2) is 5.79 Å². The van der Waals surface area contributed by atoms with Gasteiger partial charge in [-0.15, -0.1) is 0 Å². The second-order valence-electron chi connectivity index (χ2n) is 4.74. The van der Waals surface area contributed by atoms with E-state index in [0.717, 1.165) is 25.7 Å². The molecule has 6 nitrogen and oxygen atoms in total. The maximum Gasteiger partial charge on any atom is 0.309 e. The number of amides is 2. The summed E-state index contributed by atoms with van der Waals surface area (Å²) in [4.78, 5) is 22.6. The average Bonchev–Trinajstić information content (AvgIpc) is 2.98. The zero-order chi connectivity index (χ0) is 13.0. The van der Waals surface area contributed by atoms with Gasteiger partial charge in [-0.2, -0.15) is 0 Å². The van der Waals surface area contributed by atoms with E-state index in [4.69, 9.17) is 9.47 Å². The molecule has 0 unspecified atom stereocenters. The van der Waals surface area contributed by atoms with Crippen molar-refractivity contribution in [3.63, 3.8) is 0 Å². The highest BCUT2D eigenvalue weighted by molar-refractivity contribution is 6.35. The van der Waals surface area contributed by atoms with Gasteiger partial charge in [0.05, 0.1) is 6.61 Å².